The number of nitrogens with one attached hydrogen (secondary N) is 1. The summed E-state index contributed by atoms with van der Waals surface area (Å²) >= 11 is -0.265. The molecule has 0 aliphatic rings. The van der Waals surface area contributed by atoms with Gasteiger partial charge in [0.1, 0.15) is 0 Å². The summed E-state index contributed by atoms with van der Waals surface area (Å²) in [7, 11) is 0. The van der Waals surface area contributed by atoms with Gasteiger partial charge in [0.05, 0.1) is 0 Å². The van der Waals surface area contributed by atoms with E-state index in [1.807, 2.05) is 30.3 Å². The van der Waals surface area contributed by atoms with Crippen molar-refractivity contribution in [3.05, 3.63) is 96.3 Å². The molecule has 4 aromatic rings. The molecule has 3 aromatic carbocycles. The van der Waals surface area contributed by atoms with Gasteiger partial charge >= 0.3 is 182 Å². The van der Waals surface area contributed by atoms with Crippen LogP contribution in [0.3, 0.4) is 0 Å². The van der Waals surface area contributed by atoms with E-state index in [-0.39, 0.29) is 20.6 Å². The van der Waals surface area contributed by atoms with Gasteiger partial charge in [-0.3, -0.25) is 0 Å². The van der Waals surface area contributed by atoms with E-state index in [1.165, 1.54) is 0 Å². The van der Waals surface area contributed by atoms with E-state index in [0.29, 0.717) is 14.8 Å². The van der Waals surface area contributed by atoms with Crippen molar-refractivity contribution in [2.45, 2.75) is 6.18 Å². The summed E-state index contributed by atoms with van der Waals surface area (Å²) in [6, 6.07) is 24.4. The number of rotatable bonds is 5. The number of carbonyl (C=O) groups excluding carboxylic acids is 1. The van der Waals surface area contributed by atoms with E-state index < -0.39 is 23.5 Å². The summed E-state index contributed by atoms with van der Waals surface area (Å²) in [6.45, 7) is 0. The van der Waals surface area contributed by atoms with Crippen LogP contribution in [0.15, 0.2) is 84.9 Å². The van der Waals surface area contributed by atoms with Crippen LogP contribution >= 0.6 is 0 Å². The van der Waals surface area contributed by atoms with Crippen LogP contribution in [0, 0.1) is 0 Å². The van der Waals surface area contributed by atoms with Crippen LogP contribution in [0.5, 0.6) is 0 Å². The van der Waals surface area contributed by atoms with Gasteiger partial charge in [-0.25, -0.2) is 0 Å². The van der Waals surface area contributed by atoms with E-state index in [0.717, 1.165) is 4.46 Å². The molecule has 0 atom stereocenters. The van der Waals surface area contributed by atoms with E-state index in [2.05, 4.69) is 15.6 Å². The monoisotopic (exact) mass is 488 g/mol. The summed E-state index contributed by atoms with van der Waals surface area (Å²) in [5, 5.41) is 9.74. The predicted molar refractivity (Wildman–Crippen MR) is 112 cm³/mol. The van der Waals surface area contributed by atoms with E-state index in [4.69, 9.17) is 0 Å². The predicted octanol–water partition coefficient (Wildman–Crippen LogP) is 3.19. The summed E-state index contributed by atoms with van der Waals surface area (Å²) in [4.78, 5) is 12.6. The van der Waals surface area contributed by atoms with Gasteiger partial charge in [0.2, 0.25) is 0 Å². The van der Waals surface area contributed by atoms with Gasteiger partial charge < -0.3 is 0 Å². The Morgan fingerprint density at radius 1 is 0.871 bits per heavy atom. The van der Waals surface area contributed by atoms with Gasteiger partial charge in [-0.15, -0.1) is 0 Å². The van der Waals surface area contributed by atoms with Crippen LogP contribution in [0.25, 0.3) is 5.69 Å². The van der Waals surface area contributed by atoms with Gasteiger partial charge in [-0.1, -0.05) is 0 Å². The Morgan fingerprint density at radius 2 is 1.48 bits per heavy atom. The summed E-state index contributed by atoms with van der Waals surface area (Å²) in [6.07, 6.45) is -4.83. The summed E-state index contributed by atoms with van der Waals surface area (Å²) in [5.41, 5.74) is -1.39. The Bertz CT molecular complexity index is 1190. The molecular weight excluding hydrogens is 472 g/mol. The maximum absolute atomic E-state index is 14.0. The van der Waals surface area contributed by atoms with Crippen molar-refractivity contribution in [3.63, 3.8) is 0 Å². The number of hydrogen-bond donors (Lipinski definition) is 1. The fraction of sp³-hybridized carbons (Fsp3) is 0.0455. The Balaban J connectivity index is 1.76. The van der Waals surface area contributed by atoms with E-state index >= 15 is 0 Å². The summed E-state index contributed by atoms with van der Waals surface area (Å²) < 4.78 is 44.4. The average Bonchev–Trinajstić information content (AvgIpc) is 3.21. The molecule has 0 aliphatic heterocycles. The van der Waals surface area contributed by atoms with Crippen molar-refractivity contribution < 1.29 is 18.0 Å². The number of halogens is 3. The zero-order valence-electron chi connectivity index (χ0n) is 15.9. The van der Waals surface area contributed by atoms with Crippen LogP contribution in [-0.2, 0) is 6.18 Å². The molecule has 0 saturated heterocycles. The average molecular weight is 487 g/mol. The maximum atomic E-state index is 14.0. The normalized spacial score (nSPS) is 11.3. The number of alkyl halides is 3. The number of aromatic nitrogens is 3. The second kappa shape index (κ2) is 8.75. The quantitative estimate of drug-likeness (QED) is 0.440. The third-order valence-corrected chi connectivity index (χ3v) is 6.50. The first-order valence-electron chi connectivity index (χ1n) is 9.15. The van der Waals surface area contributed by atoms with Crippen molar-refractivity contribution in [3.8, 4) is 5.69 Å². The molecule has 0 fully saturated rings. The number of carbonyl (C=O) groups is 1. The molecule has 1 amide bonds. The second-order valence-corrected chi connectivity index (χ2v) is 8.74. The number of nitrogens with zero attached hydrogens (tertiary/aromatic N) is 3. The van der Waals surface area contributed by atoms with E-state index in [1.54, 1.807) is 54.6 Å². The molecule has 5 nitrogen and oxygen atoms in total. The standard InChI is InChI=1S/C22H15F3N4OSe/c23-22(24,25)20-19(21(30)26-15-9-3-1-4-10-15)27-28-29(20)17-13-7-8-14-18(17)31-16-11-5-2-6-12-16/h1-14H,(H,26,30). The number of benzene rings is 3. The SMILES string of the molecule is O=C(Nc1ccccc1)c1nnn(-c2ccccc2[Se]c2ccccc2)c1C(F)(F)F. The Kier molecular flexibility index (Phi) is 5.88. The molecule has 31 heavy (non-hydrogen) atoms. The molecule has 1 heterocycles. The van der Waals surface area contributed by atoms with Crippen LogP contribution in [0.4, 0.5) is 18.9 Å². The van der Waals surface area contributed by atoms with Crippen molar-refractivity contribution in [2.24, 2.45) is 0 Å². The number of amides is 1. The zero-order chi connectivity index (χ0) is 21.8. The van der Waals surface area contributed by atoms with Crippen molar-refractivity contribution in [2.75, 3.05) is 5.32 Å². The molecule has 1 aromatic heterocycles. The minimum atomic E-state index is -4.83. The third-order valence-electron chi connectivity index (χ3n) is 4.25. The van der Waals surface area contributed by atoms with Crippen molar-refractivity contribution >= 4 is 35.5 Å². The molecule has 1 N–H and O–H groups in total. The molecule has 0 unspecified atom stereocenters. The van der Waals surface area contributed by atoms with Gasteiger partial charge in [-0.05, 0) is 0 Å². The van der Waals surface area contributed by atoms with Crippen molar-refractivity contribution in [1.82, 2.24) is 15.0 Å². The first-order chi connectivity index (χ1) is 14.9. The molecule has 0 saturated carbocycles. The molecule has 0 radical (unpaired) electrons. The molecule has 4 rings (SSSR count). The van der Waals surface area contributed by atoms with Crippen LogP contribution in [-0.4, -0.2) is 35.9 Å². The Morgan fingerprint density at radius 3 is 2.16 bits per heavy atom. The topological polar surface area (TPSA) is 59.8 Å². The fourth-order valence-electron chi connectivity index (χ4n) is 2.90. The molecule has 0 bridgehead atoms. The first kappa shape index (κ1) is 20.8. The minimum absolute atomic E-state index is 0.241. The van der Waals surface area contributed by atoms with Crippen LogP contribution in [0.1, 0.15) is 16.2 Å². The second-order valence-electron chi connectivity index (χ2n) is 6.40. The molecule has 9 heteroatoms. The molecular formula is C22H15F3N4OSe. The number of hydrogen-bond acceptors (Lipinski definition) is 3. The van der Waals surface area contributed by atoms with Gasteiger partial charge in [-0.2, -0.15) is 0 Å². The van der Waals surface area contributed by atoms with Crippen molar-refractivity contribution in [1.29, 1.82) is 0 Å². The molecule has 0 aliphatic carbocycles. The zero-order valence-corrected chi connectivity index (χ0v) is 17.6. The fourth-order valence-corrected chi connectivity index (χ4v) is 4.90. The van der Waals surface area contributed by atoms with Gasteiger partial charge in [0, 0.05) is 0 Å². The Hall–Kier alpha value is -3.42. The molecule has 0 spiro atoms. The Labute approximate surface area is 182 Å². The molecule has 156 valence electrons. The van der Waals surface area contributed by atoms with Gasteiger partial charge in [0.25, 0.3) is 0 Å². The number of anilines is 1. The third kappa shape index (κ3) is 4.68. The van der Waals surface area contributed by atoms with Crippen LogP contribution in [0.2, 0.25) is 0 Å². The number of para-hydroxylation sites is 2. The van der Waals surface area contributed by atoms with Crippen LogP contribution < -0.4 is 14.2 Å². The summed E-state index contributed by atoms with van der Waals surface area (Å²) in [5.74, 6) is -0.976. The van der Waals surface area contributed by atoms with Gasteiger partial charge in [0.15, 0.2) is 0 Å². The van der Waals surface area contributed by atoms with E-state index in [9.17, 15) is 18.0 Å². The first-order valence-corrected chi connectivity index (χ1v) is 10.9.